The maximum Gasteiger partial charge on any atom is 0.337 e. The predicted molar refractivity (Wildman–Crippen MR) is 102 cm³/mol. The number of hydrogen-bond acceptors (Lipinski definition) is 6. The van der Waals surface area contributed by atoms with Gasteiger partial charge in [0.2, 0.25) is 0 Å². The summed E-state index contributed by atoms with van der Waals surface area (Å²) in [7, 11) is 1.31. The van der Waals surface area contributed by atoms with Crippen molar-refractivity contribution >= 4 is 35.0 Å². The van der Waals surface area contributed by atoms with Crippen LogP contribution in [0, 0.1) is 5.92 Å². The van der Waals surface area contributed by atoms with Crippen LogP contribution in [0.5, 0.6) is 0 Å². The fraction of sp³-hybridized carbons (Fsp3) is 0.368. The maximum absolute atomic E-state index is 12.5. The standard InChI is InChI=1S/C19H21ClN4O3/c1-12-5-7-24(8-6-12)18(25)16-10-22-17(11-21-16)23-15-9-13(19(26)27-2)3-4-14(15)20/h3-4,9-12H,5-8H2,1-2H3,(H,22,23). The molecule has 1 saturated heterocycles. The van der Waals surface area contributed by atoms with Crippen molar-refractivity contribution in [3.63, 3.8) is 0 Å². The number of anilines is 2. The van der Waals surface area contributed by atoms with E-state index >= 15 is 0 Å². The summed E-state index contributed by atoms with van der Waals surface area (Å²) in [5.74, 6) is 0.504. The topological polar surface area (TPSA) is 84.4 Å². The maximum atomic E-state index is 12.5. The minimum absolute atomic E-state index is 0.105. The predicted octanol–water partition coefficient (Wildman–Crippen LogP) is 3.53. The lowest BCUT2D eigenvalue weighted by Gasteiger charge is -2.29. The van der Waals surface area contributed by atoms with Crippen molar-refractivity contribution in [3.05, 3.63) is 46.9 Å². The van der Waals surface area contributed by atoms with Crippen LogP contribution in [0.3, 0.4) is 0 Å². The zero-order chi connectivity index (χ0) is 19.4. The Morgan fingerprint density at radius 3 is 2.59 bits per heavy atom. The summed E-state index contributed by atoms with van der Waals surface area (Å²) >= 11 is 6.17. The minimum Gasteiger partial charge on any atom is -0.465 e. The van der Waals surface area contributed by atoms with E-state index in [2.05, 4.69) is 22.2 Å². The lowest BCUT2D eigenvalue weighted by atomic mass is 9.99. The average molecular weight is 389 g/mol. The Bertz CT molecular complexity index is 833. The first-order valence-corrected chi connectivity index (χ1v) is 9.12. The van der Waals surface area contributed by atoms with Gasteiger partial charge >= 0.3 is 5.97 Å². The van der Waals surface area contributed by atoms with Crippen LogP contribution in [0.25, 0.3) is 0 Å². The molecule has 1 fully saturated rings. The van der Waals surface area contributed by atoms with Crippen LogP contribution in [-0.2, 0) is 4.74 Å². The number of nitrogens with zero attached hydrogens (tertiary/aromatic N) is 3. The van der Waals surface area contributed by atoms with Gasteiger partial charge in [-0.2, -0.15) is 0 Å². The number of carbonyl (C=O) groups is 2. The molecule has 8 heteroatoms. The van der Waals surface area contributed by atoms with E-state index < -0.39 is 5.97 Å². The fourth-order valence-corrected chi connectivity index (χ4v) is 3.05. The molecule has 3 rings (SSSR count). The summed E-state index contributed by atoms with van der Waals surface area (Å²) in [5.41, 5.74) is 1.17. The molecule has 1 aliphatic heterocycles. The molecule has 1 N–H and O–H groups in total. The van der Waals surface area contributed by atoms with E-state index in [0.29, 0.717) is 33.7 Å². The third kappa shape index (κ3) is 4.54. The molecule has 0 radical (unpaired) electrons. The van der Waals surface area contributed by atoms with Gasteiger partial charge in [-0.1, -0.05) is 18.5 Å². The summed E-state index contributed by atoms with van der Waals surface area (Å²) in [6, 6.07) is 4.74. The van der Waals surface area contributed by atoms with Gasteiger partial charge in [-0.25, -0.2) is 14.8 Å². The highest BCUT2D eigenvalue weighted by molar-refractivity contribution is 6.33. The van der Waals surface area contributed by atoms with Gasteiger partial charge in [0.25, 0.3) is 5.91 Å². The van der Waals surface area contributed by atoms with Crippen molar-refractivity contribution in [2.24, 2.45) is 5.92 Å². The molecule has 1 amide bonds. The molecule has 0 atom stereocenters. The van der Waals surface area contributed by atoms with Crippen LogP contribution < -0.4 is 5.32 Å². The molecule has 2 heterocycles. The summed E-state index contributed by atoms with van der Waals surface area (Å²) in [4.78, 5) is 34.4. The zero-order valence-electron chi connectivity index (χ0n) is 15.2. The van der Waals surface area contributed by atoms with Gasteiger partial charge in [0, 0.05) is 13.1 Å². The molecule has 27 heavy (non-hydrogen) atoms. The first-order valence-electron chi connectivity index (χ1n) is 8.74. The van der Waals surface area contributed by atoms with Gasteiger partial charge in [0.1, 0.15) is 11.5 Å². The van der Waals surface area contributed by atoms with Gasteiger partial charge in [-0.3, -0.25) is 4.79 Å². The molecule has 1 aromatic heterocycles. The Kier molecular flexibility index (Phi) is 5.91. The molecule has 1 aromatic carbocycles. The smallest absolute Gasteiger partial charge is 0.337 e. The third-order valence-electron chi connectivity index (χ3n) is 4.59. The Labute approximate surface area is 162 Å². The molecule has 0 spiro atoms. The number of benzene rings is 1. The highest BCUT2D eigenvalue weighted by atomic mass is 35.5. The van der Waals surface area contributed by atoms with Crippen molar-refractivity contribution in [3.8, 4) is 0 Å². The van der Waals surface area contributed by atoms with Gasteiger partial charge in [-0.05, 0) is 37.0 Å². The van der Waals surface area contributed by atoms with Crippen LogP contribution in [0.4, 0.5) is 11.5 Å². The summed E-state index contributed by atoms with van der Waals surface area (Å²) < 4.78 is 4.71. The van der Waals surface area contributed by atoms with E-state index in [1.54, 1.807) is 18.2 Å². The first-order chi connectivity index (χ1) is 13.0. The Balaban J connectivity index is 1.71. The van der Waals surface area contributed by atoms with E-state index in [1.165, 1.54) is 19.5 Å². The summed E-state index contributed by atoms with van der Waals surface area (Å²) in [6.45, 7) is 3.69. The lowest BCUT2D eigenvalue weighted by Crippen LogP contribution is -2.38. The molecule has 1 aliphatic rings. The molecule has 7 nitrogen and oxygen atoms in total. The normalized spacial score (nSPS) is 14.7. The van der Waals surface area contributed by atoms with Crippen molar-refractivity contribution in [1.82, 2.24) is 14.9 Å². The molecule has 0 bridgehead atoms. The molecular formula is C19H21ClN4O3. The van der Waals surface area contributed by atoms with E-state index in [-0.39, 0.29) is 5.91 Å². The van der Waals surface area contributed by atoms with Gasteiger partial charge in [-0.15, -0.1) is 0 Å². The quantitative estimate of drug-likeness (QED) is 0.806. The van der Waals surface area contributed by atoms with Crippen LogP contribution >= 0.6 is 11.6 Å². The summed E-state index contributed by atoms with van der Waals surface area (Å²) in [5, 5.41) is 3.43. The fourth-order valence-electron chi connectivity index (χ4n) is 2.88. The second-order valence-electron chi connectivity index (χ2n) is 6.57. The summed E-state index contributed by atoms with van der Waals surface area (Å²) in [6.07, 6.45) is 4.93. The molecular weight excluding hydrogens is 368 g/mol. The SMILES string of the molecule is COC(=O)c1ccc(Cl)c(Nc2cnc(C(=O)N3CCC(C)CC3)cn2)c1. The van der Waals surface area contributed by atoms with Crippen LogP contribution in [-0.4, -0.2) is 46.9 Å². The number of amides is 1. The molecule has 0 aliphatic carbocycles. The Morgan fingerprint density at radius 1 is 1.22 bits per heavy atom. The van der Waals surface area contributed by atoms with Gasteiger partial charge in [0.05, 0.1) is 35.8 Å². The average Bonchev–Trinajstić information content (AvgIpc) is 2.69. The Morgan fingerprint density at radius 2 is 1.96 bits per heavy atom. The number of methoxy groups -OCH3 is 1. The molecule has 0 unspecified atom stereocenters. The highest BCUT2D eigenvalue weighted by Gasteiger charge is 2.22. The van der Waals surface area contributed by atoms with Crippen molar-refractivity contribution in [2.45, 2.75) is 19.8 Å². The van der Waals surface area contributed by atoms with E-state index in [0.717, 1.165) is 25.9 Å². The molecule has 2 aromatic rings. The second kappa shape index (κ2) is 8.35. The lowest BCUT2D eigenvalue weighted by molar-refractivity contribution is 0.0600. The number of ether oxygens (including phenoxy) is 1. The zero-order valence-corrected chi connectivity index (χ0v) is 16.0. The van der Waals surface area contributed by atoms with E-state index in [1.807, 2.05) is 4.90 Å². The van der Waals surface area contributed by atoms with Crippen molar-refractivity contribution in [1.29, 1.82) is 0 Å². The number of piperidine rings is 1. The van der Waals surface area contributed by atoms with Crippen LogP contribution in [0.1, 0.15) is 40.6 Å². The molecule has 142 valence electrons. The Hall–Kier alpha value is -2.67. The first kappa shape index (κ1) is 19.1. The third-order valence-corrected chi connectivity index (χ3v) is 4.92. The minimum atomic E-state index is -0.461. The number of rotatable bonds is 4. The number of halogens is 1. The largest absolute Gasteiger partial charge is 0.465 e. The highest BCUT2D eigenvalue weighted by Crippen LogP contribution is 2.26. The number of aromatic nitrogens is 2. The number of nitrogens with one attached hydrogen (secondary N) is 1. The van der Waals surface area contributed by atoms with Crippen LogP contribution in [0.2, 0.25) is 5.02 Å². The number of hydrogen-bond donors (Lipinski definition) is 1. The number of carbonyl (C=O) groups excluding carboxylic acids is 2. The van der Waals surface area contributed by atoms with Crippen molar-refractivity contribution in [2.75, 3.05) is 25.5 Å². The number of likely N-dealkylation sites (tertiary alicyclic amines) is 1. The van der Waals surface area contributed by atoms with Gasteiger partial charge in [0.15, 0.2) is 0 Å². The molecule has 0 saturated carbocycles. The van der Waals surface area contributed by atoms with Crippen molar-refractivity contribution < 1.29 is 14.3 Å². The van der Waals surface area contributed by atoms with E-state index in [4.69, 9.17) is 16.3 Å². The second-order valence-corrected chi connectivity index (χ2v) is 6.98. The monoisotopic (exact) mass is 388 g/mol. The van der Waals surface area contributed by atoms with E-state index in [9.17, 15) is 9.59 Å². The van der Waals surface area contributed by atoms with Crippen LogP contribution in [0.15, 0.2) is 30.6 Å². The number of esters is 1. The van der Waals surface area contributed by atoms with Gasteiger partial charge < -0.3 is 15.0 Å².